The number of hydrogen-bond acceptors (Lipinski definition) is 5. The van der Waals surface area contributed by atoms with E-state index >= 15 is 0 Å². The number of carbonyl (C=O) groups excluding carboxylic acids is 1. The van der Waals surface area contributed by atoms with Gasteiger partial charge in [0.05, 0.1) is 11.0 Å². The summed E-state index contributed by atoms with van der Waals surface area (Å²) in [5, 5.41) is 13.1. The Morgan fingerprint density at radius 2 is 2.04 bits per heavy atom. The van der Waals surface area contributed by atoms with Crippen LogP contribution in [0.3, 0.4) is 0 Å². The fourth-order valence-electron chi connectivity index (χ4n) is 1.84. The summed E-state index contributed by atoms with van der Waals surface area (Å²) in [6, 6.07) is 3.79. The van der Waals surface area contributed by atoms with Crippen molar-refractivity contribution in [3.63, 3.8) is 0 Å². The van der Waals surface area contributed by atoms with E-state index in [2.05, 4.69) is 5.32 Å². The average molecular weight is 322 g/mol. The quantitative estimate of drug-likeness (QED) is 0.639. The number of nitro groups is 1. The zero-order chi connectivity index (χ0) is 17.1. The monoisotopic (exact) mass is 322 g/mol. The van der Waals surface area contributed by atoms with Gasteiger partial charge < -0.3 is 5.32 Å². The SMILES string of the molecule is Cn1c(=O)ccn(CC(=O)Nc2ccc(F)cc2[N+](=O)[O-])c1=O. The van der Waals surface area contributed by atoms with Crippen LogP contribution in [0.5, 0.6) is 0 Å². The summed E-state index contributed by atoms with van der Waals surface area (Å²) in [6.45, 7) is -0.457. The molecule has 2 rings (SSSR count). The highest BCUT2D eigenvalue weighted by molar-refractivity contribution is 5.92. The Morgan fingerprint density at radius 1 is 1.35 bits per heavy atom. The van der Waals surface area contributed by atoms with Gasteiger partial charge in [-0.15, -0.1) is 0 Å². The van der Waals surface area contributed by atoms with Crippen LogP contribution >= 0.6 is 0 Å². The topological polar surface area (TPSA) is 116 Å². The molecule has 0 fully saturated rings. The molecular formula is C13H11FN4O5. The smallest absolute Gasteiger partial charge is 0.319 e. The van der Waals surface area contributed by atoms with E-state index < -0.39 is 40.1 Å². The van der Waals surface area contributed by atoms with Crippen molar-refractivity contribution < 1.29 is 14.1 Å². The zero-order valence-corrected chi connectivity index (χ0v) is 11.9. The van der Waals surface area contributed by atoms with Gasteiger partial charge in [-0.2, -0.15) is 0 Å². The number of halogens is 1. The van der Waals surface area contributed by atoms with Crippen LogP contribution < -0.4 is 16.6 Å². The van der Waals surface area contributed by atoms with Crippen LogP contribution in [0.4, 0.5) is 15.8 Å². The number of amides is 1. The number of nitro benzene ring substituents is 1. The van der Waals surface area contributed by atoms with Crippen LogP contribution in [-0.4, -0.2) is 20.0 Å². The van der Waals surface area contributed by atoms with Crippen LogP contribution in [-0.2, 0) is 18.4 Å². The second kappa shape index (κ2) is 6.22. The third-order valence-corrected chi connectivity index (χ3v) is 3.00. The number of benzene rings is 1. The second-order valence-electron chi connectivity index (χ2n) is 4.59. The minimum atomic E-state index is -0.836. The van der Waals surface area contributed by atoms with Crippen molar-refractivity contribution in [1.29, 1.82) is 0 Å². The molecule has 10 heteroatoms. The van der Waals surface area contributed by atoms with Crippen LogP contribution in [0.15, 0.2) is 40.1 Å². The number of nitrogens with zero attached hydrogens (tertiary/aromatic N) is 3. The van der Waals surface area contributed by atoms with Crippen LogP contribution in [0, 0.1) is 15.9 Å². The molecule has 1 aromatic carbocycles. The van der Waals surface area contributed by atoms with Crippen molar-refractivity contribution in [3.05, 3.63) is 67.2 Å². The van der Waals surface area contributed by atoms with Crippen LogP contribution in [0.1, 0.15) is 0 Å². The predicted octanol–water partition coefficient (Wildman–Crippen LogP) is 0.233. The van der Waals surface area contributed by atoms with Crippen molar-refractivity contribution in [2.75, 3.05) is 5.32 Å². The summed E-state index contributed by atoms with van der Waals surface area (Å²) in [7, 11) is 1.25. The number of rotatable bonds is 4. The Labute approximate surface area is 127 Å². The Bertz CT molecular complexity index is 902. The van der Waals surface area contributed by atoms with Gasteiger partial charge in [0.1, 0.15) is 18.0 Å². The van der Waals surface area contributed by atoms with Gasteiger partial charge in [0, 0.05) is 19.3 Å². The summed E-state index contributed by atoms with van der Waals surface area (Å²) in [4.78, 5) is 45.0. The van der Waals surface area contributed by atoms with Crippen molar-refractivity contribution >= 4 is 17.3 Å². The van der Waals surface area contributed by atoms with Crippen molar-refractivity contribution in [2.45, 2.75) is 6.54 Å². The Balaban J connectivity index is 2.24. The number of aromatic nitrogens is 2. The molecule has 1 N–H and O–H groups in total. The first-order valence-electron chi connectivity index (χ1n) is 6.30. The summed E-state index contributed by atoms with van der Waals surface area (Å²) in [6.07, 6.45) is 1.14. The van der Waals surface area contributed by atoms with E-state index in [0.717, 1.165) is 33.5 Å². The third-order valence-electron chi connectivity index (χ3n) is 3.00. The van der Waals surface area contributed by atoms with E-state index in [0.29, 0.717) is 6.07 Å². The lowest BCUT2D eigenvalue weighted by atomic mass is 10.2. The molecule has 0 atom stereocenters. The summed E-state index contributed by atoms with van der Waals surface area (Å²) >= 11 is 0. The molecule has 9 nitrogen and oxygen atoms in total. The van der Waals surface area contributed by atoms with Gasteiger partial charge in [0.2, 0.25) is 5.91 Å². The highest BCUT2D eigenvalue weighted by Crippen LogP contribution is 2.24. The van der Waals surface area contributed by atoms with E-state index in [1.807, 2.05) is 0 Å². The maximum Gasteiger partial charge on any atom is 0.331 e. The first-order valence-corrected chi connectivity index (χ1v) is 6.30. The van der Waals surface area contributed by atoms with E-state index in [4.69, 9.17) is 0 Å². The molecule has 0 aliphatic carbocycles. The Hall–Kier alpha value is -3.30. The number of nitrogens with one attached hydrogen (secondary N) is 1. The third kappa shape index (κ3) is 3.48. The molecule has 0 spiro atoms. The zero-order valence-electron chi connectivity index (χ0n) is 11.9. The van der Waals surface area contributed by atoms with Gasteiger partial charge in [-0.25, -0.2) is 9.18 Å². The second-order valence-corrected chi connectivity index (χ2v) is 4.59. The molecule has 0 radical (unpaired) electrons. The van der Waals surface area contributed by atoms with Crippen molar-refractivity contribution in [2.24, 2.45) is 7.05 Å². The van der Waals surface area contributed by atoms with Crippen LogP contribution in [0.25, 0.3) is 0 Å². The molecule has 0 aliphatic rings. The highest BCUT2D eigenvalue weighted by atomic mass is 19.1. The van der Waals surface area contributed by atoms with E-state index in [9.17, 15) is 28.9 Å². The largest absolute Gasteiger partial charge is 0.331 e. The summed E-state index contributed by atoms with van der Waals surface area (Å²) in [5.74, 6) is -1.55. The molecule has 0 bridgehead atoms. The van der Waals surface area contributed by atoms with E-state index in [1.165, 1.54) is 7.05 Å². The fourth-order valence-corrected chi connectivity index (χ4v) is 1.84. The summed E-state index contributed by atoms with van der Waals surface area (Å²) in [5.41, 5.74) is -2.03. The standard InChI is InChI=1S/C13H11FN4O5/c1-16-12(20)4-5-17(13(16)21)7-11(19)15-9-3-2-8(14)6-10(9)18(22)23/h2-6H,7H2,1H3,(H,15,19). The lowest BCUT2D eigenvalue weighted by Gasteiger charge is -2.08. The molecule has 2 aromatic rings. The average Bonchev–Trinajstić information content (AvgIpc) is 2.49. The molecule has 1 amide bonds. The van der Waals surface area contributed by atoms with Gasteiger partial charge in [-0.1, -0.05) is 0 Å². The molecular weight excluding hydrogens is 311 g/mol. The first-order chi connectivity index (χ1) is 10.8. The molecule has 1 heterocycles. The minimum Gasteiger partial charge on any atom is -0.319 e. The van der Waals surface area contributed by atoms with Gasteiger partial charge in [-0.3, -0.25) is 28.8 Å². The molecule has 23 heavy (non-hydrogen) atoms. The van der Waals surface area contributed by atoms with Crippen molar-refractivity contribution in [1.82, 2.24) is 9.13 Å². The molecule has 0 saturated heterocycles. The van der Waals surface area contributed by atoms with E-state index in [-0.39, 0.29) is 5.69 Å². The lowest BCUT2D eigenvalue weighted by Crippen LogP contribution is -2.39. The normalized spacial score (nSPS) is 10.3. The molecule has 0 unspecified atom stereocenters. The maximum atomic E-state index is 13.0. The Morgan fingerprint density at radius 3 is 2.70 bits per heavy atom. The van der Waals surface area contributed by atoms with Gasteiger partial charge in [0.15, 0.2) is 0 Å². The summed E-state index contributed by atoms with van der Waals surface area (Å²) < 4.78 is 14.8. The fraction of sp³-hybridized carbons (Fsp3) is 0.154. The number of carbonyl (C=O) groups is 1. The maximum absolute atomic E-state index is 13.0. The lowest BCUT2D eigenvalue weighted by molar-refractivity contribution is -0.384. The number of hydrogen-bond donors (Lipinski definition) is 1. The molecule has 1 aromatic heterocycles. The first kappa shape index (κ1) is 16.1. The van der Waals surface area contributed by atoms with Crippen molar-refractivity contribution in [3.8, 4) is 0 Å². The van der Waals surface area contributed by atoms with Gasteiger partial charge in [-0.05, 0) is 12.1 Å². The molecule has 0 saturated carbocycles. The number of anilines is 1. The van der Waals surface area contributed by atoms with Gasteiger partial charge in [0.25, 0.3) is 11.2 Å². The highest BCUT2D eigenvalue weighted by Gasteiger charge is 2.17. The van der Waals surface area contributed by atoms with E-state index in [1.54, 1.807) is 0 Å². The molecule has 120 valence electrons. The van der Waals surface area contributed by atoms with Crippen LogP contribution in [0.2, 0.25) is 0 Å². The predicted molar refractivity (Wildman–Crippen MR) is 77.6 cm³/mol. The van der Waals surface area contributed by atoms with Gasteiger partial charge >= 0.3 is 5.69 Å². The Kier molecular flexibility index (Phi) is 4.35. The minimum absolute atomic E-state index is 0.195. The molecule has 0 aliphatic heterocycles.